The Hall–Kier alpha value is -2.21. The predicted octanol–water partition coefficient (Wildman–Crippen LogP) is 3.50. The Morgan fingerprint density at radius 3 is 2.37 bits per heavy atom. The van der Waals surface area contributed by atoms with Gasteiger partial charge in [0.15, 0.2) is 5.11 Å². The summed E-state index contributed by atoms with van der Waals surface area (Å²) in [5.41, 5.74) is 2.15. The zero-order valence-electron chi connectivity index (χ0n) is 15.1. The SMILES string of the molecule is OC(C1=C2NC(=S)NC(c3ccccc3)C2(O)CCCC1)c1ccccc1. The van der Waals surface area contributed by atoms with Crippen molar-refractivity contribution in [2.24, 2.45) is 0 Å². The molecule has 27 heavy (non-hydrogen) atoms. The number of aliphatic hydroxyl groups is 2. The van der Waals surface area contributed by atoms with Crippen molar-refractivity contribution in [3.05, 3.63) is 83.1 Å². The van der Waals surface area contributed by atoms with Gasteiger partial charge in [0, 0.05) is 0 Å². The van der Waals surface area contributed by atoms with E-state index in [1.807, 2.05) is 60.7 Å². The quantitative estimate of drug-likeness (QED) is 0.614. The monoisotopic (exact) mass is 380 g/mol. The van der Waals surface area contributed by atoms with Crippen LogP contribution in [0, 0.1) is 0 Å². The maximum Gasteiger partial charge on any atom is 0.171 e. The number of hydrogen-bond acceptors (Lipinski definition) is 3. The third kappa shape index (κ3) is 3.38. The summed E-state index contributed by atoms with van der Waals surface area (Å²) in [6.07, 6.45) is 2.36. The first-order valence-corrected chi connectivity index (χ1v) is 9.82. The van der Waals surface area contributed by atoms with Crippen LogP contribution in [0.3, 0.4) is 0 Å². The molecule has 2 aromatic carbocycles. The summed E-state index contributed by atoms with van der Waals surface area (Å²) in [4.78, 5) is 0. The van der Waals surface area contributed by atoms with Crippen molar-refractivity contribution in [2.45, 2.75) is 43.4 Å². The van der Waals surface area contributed by atoms with Gasteiger partial charge in [-0.05, 0) is 54.6 Å². The van der Waals surface area contributed by atoms with Crippen LogP contribution >= 0.6 is 12.2 Å². The molecule has 0 bridgehead atoms. The van der Waals surface area contributed by atoms with Crippen molar-refractivity contribution in [1.29, 1.82) is 0 Å². The minimum Gasteiger partial charge on any atom is -0.384 e. The first-order valence-electron chi connectivity index (χ1n) is 9.41. The fraction of sp³-hybridized carbons (Fsp3) is 0.318. The molecule has 0 saturated carbocycles. The van der Waals surface area contributed by atoms with Crippen molar-refractivity contribution in [3.8, 4) is 0 Å². The number of fused-ring (bicyclic) bond motifs is 1. The van der Waals surface area contributed by atoms with Gasteiger partial charge in [-0.1, -0.05) is 60.7 Å². The predicted molar refractivity (Wildman–Crippen MR) is 110 cm³/mol. The second-order valence-electron chi connectivity index (χ2n) is 7.29. The topological polar surface area (TPSA) is 64.5 Å². The van der Waals surface area contributed by atoms with Gasteiger partial charge >= 0.3 is 0 Å². The largest absolute Gasteiger partial charge is 0.384 e. The fourth-order valence-corrected chi connectivity index (χ4v) is 4.45. The van der Waals surface area contributed by atoms with Crippen molar-refractivity contribution in [1.82, 2.24) is 10.6 Å². The number of nitrogens with one attached hydrogen (secondary N) is 2. The molecule has 1 aliphatic heterocycles. The first-order chi connectivity index (χ1) is 13.1. The van der Waals surface area contributed by atoms with Crippen molar-refractivity contribution >= 4 is 17.3 Å². The molecule has 140 valence electrons. The minimum absolute atomic E-state index is 0.349. The standard InChI is InChI=1S/C22H24N2O2S/c25-18(15-9-3-1-4-10-15)17-13-7-8-14-22(26)19(16-11-5-2-6-12-16)23-21(27)24-20(17)22/h1-6,9-12,18-19,25-26H,7-8,13-14H2,(H2,23,24,27). The lowest BCUT2D eigenvalue weighted by atomic mass is 9.79. The van der Waals surface area contributed by atoms with Gasteiger partial charge in [0.25, 0.3) is 0 Å². The number of thiocarbonyl (C=S) groups is 1. The number of aliphatic hydroxyl groups excluding tert-OH is 1. The van der Waals surface area contributed by atoms with E-state index in [2.05, 4.69) is 10.6 Å². The molecule has 0 spiro atoms. The van der Waals surface area contributed by atoms with E-state index in [1.165, 1.54) is 0 Å². The molecule has 1 heterocycles. The van der Waals surface area contributed by atoms with Crippen LogP contribution in [0.4, 0.5) is 0 Å². The average Bonchev–Trinajstić information content (AvgIpc) is 2.87. The van der Waals surface area contributed by atoms with Crippen LogP contribution < -0.4 is 10.6 Å². The highest BCUT2D eigenvalue weighted by molar-refractivity contribution is 7.80. The van der Waals surface area contributed by atoms with Gasteiger partial charge in [0.1, 0.15) is 11.7 Å². The molecule has 4 rings (SSSR count). The van der Waals surface area contributed by atoms with Gasteiger partial charge in [-0.3, -0.25) is 0 Å². The van der Waals surface area contributed by atoms with Crippen LogP contribution in [0.1, 0.15) is 49.0 Å². The first kappa shape index (κ1) is 18.2. The summed E-state index contributed by atoms with van der Waals surface area (Å²) in [5.74, 6) is 0. The average molecular weight is 381 g/mol. The highest BCUT2D eigenvalue weighted by Gasteiger charge is 2.47. The third-order valence-electron chi connectivity index (χ3n) is 5.58. The summed E-state index contributed by atoms with van der Waals surface area (Å²) >= 11 is 5.45. The number of benzene rings is 2. The van der Waals surface area contributed by atoms with Crippen LogP contribution in [0.15, 0.2) is 71.9 Å². The second-order valence-corrected chi connectivity index (χ2v) is 7.70. The number of rotatable bonds is 3. The second kappa shape index (κ2) is 7.43. The highest BCUT2D eigenvalue weighted by Crippen LogP contribution is 2.44. The van der Waals surface area contributed by atoms with E-state index in [4.69, 9.17) is 12.2 Å². The Morgan fingerprint density at radius 1 is 1.00 bits per heavy atom. The molecular formula is C22H24N2O2S. The zero-order chi connectivity index (χ0) is 18.9. The molecule has 0 aromatic heterocycles. The van der Waals surface area contributed by atoms with Gasteiger partial charge in [-0.25, -0.2) is 0 Å². The summed E-state index contributed by atoms with van der Waals surface area (Å²) in [6, 6.07) is 19.1. The summed E-state index contributed by atoms with van der Waals surface area (Å²) in [6.45, 7) is 0. The normalized spacial score (nSPS) is 26.4. The van der Waals surface area contributed by atoms with E-state index in [-0.39, 0.29) is 6.04 Å². The Labute approximate surface area is 164 Å². The molecule has 2 aromatic rings. The maximum absolute atomic E-state index is 11.8. The Morgan fingerprint density at radius 2 is 1.67 bits per heavy atom. The van der Waals surface area contributed by atoms with Crippen molar-refractivity contribution in [2.75, 3.05) is 0 Å². The summed E-state index contributed by atoms with van der Waals surface area (Å²) in [5, 5.41) is 29.8. The van der Waals surface area contributed by atoms with Crippen LogP contribution in [0.5, 0.6) is 0 Å². The van der Waals surface area contributed by atoms with Gasteiger partial charge in [0.05, 0.1) is 11.7 Å². The fourth-order valence-electron chi connectivity index (χ4n) is 4.23. The Bertz CT molecular complexity index is 853. The van der Waals surface area contributed by atoms with Gasteiger partial charge < -0.3 is 20.8 Å². The van der Waals surface area contributed by atoms with E-state index in [0.29, 0.717) is 17.2 Å². The van der Waals surface area contributed by atoms with E-state index in [0.717, 1.165) is 36.0 Å². The molecule has 1 aliphatic carbocycles. The van der Waals surface area contributed by atoms with E-state index in [9.17, 15) is 10.2 Å². The molecule has 5 heteroatoms. The molecule has 3 atom stereocenters. The highest BCUT2D eigenvalue weighted by atomic mass is 32.1. The van der Waals surface area contributed by atoms with Crippen molar-refractivity contribution in [3.63, 3.8) is 0 Å². The molecule has 4 N–H and O–H groups in total. The maximum atomic E-state index is 11.8. The minimum atomic E-state index is -1.15. The third-order valence-corrected chi connectivity index (χ3v) is 5.80. The summed E-state index contributed by atoms with van der Waals surface area (Å²) in [7, 11) is 0. The lowest BCUT2D eigenvalue weighted by Crippen LogP contribution is -2.59. The molecule has 1 saturated heterocycles. The molecule has 1 fully saturated rings. The van der Waals surface area contributed by atoms with Gasteiger partial charge in [0.2, 0.25) is 0 Å². The Balaban J connectivity index is 1.83. The van der Waals surface area contributed by atoms with E-state index >= 15 is 0 Å². The molecule has 0 amide bonds. The van der Waals surface area contributed by atoms with Crippen molar-refractivity contribution < 1.29 is 10.2 Å². The Kier molecular flexibility index (Phi) is 5.00. The molecule has 3 unspecified atom stereocenters. The molecule has 2 aliphatic rings. The van der Waals surface area contributed by atoms with E-state index in [1.54, 1.807) is 0 Å². The van der Waals surface area contributed by atoms with Crippen LogP contribution in [-0.2, 0) is 0 Å². The molecule has 0 radical (unpaired) electrons. The molecular weight excluding hydrogens is 356 g/mol. The lowest BCUT2D eigenvalue weighted by molar-refractivity contribution is 0.0214. The van der Waals surface area contributed by atoms with Gasteiger partial charge in [-0.2, -0.15) is 0 Å². The number of hydrogen-bond donors (Lipinski definition) is 4. The molecule has 4 nitrogen and oxygen atoms in total. The van der Waals surface area contributed by atoms with Crippen LogP contribution in [0.25, 0.3) is 0 Å². The zero-order valence-corrected chi connectivity index (χ0v) is 15.9. The summed E-state index contributed by atoms with van der Waals surface area (Å²) < 4.78 is 0. The smallest absolute Gasteiger partial charge is 0.171 e. The lowest BCUT2D eigenvalue weighted by Gasteiger charge is -2.44. The van der Waals surface area contributed by atoms with Crippen LogP contribution in [-0.4, -0.2) is 20.9 Å². The van der Waals surface area contributed by atoms with Gasteiger partial charge in [-0.15, -0.1) is 0 Å². The van der Waals surface area contributed by atoms with Crippen LogP contribution in [0.2, 0.25) is 0 Å². The van der Waals surface area contributed by atoms with E-state index < -0.39 is 11.7 Å².